The number of nitrogens with one attached hydrogen (secondary N) is 2. The molecule has 0 bridgehead atoms. The van der Waals surface area contributed by atoms with Crippen molar-refractivity contribution in [2.75, 3.05) is 13.2 Å². The van der Waals surface area contributed by atoms with Crippen LogP contribution in [-0.4, -0.2) is 25.0 Å². The minimum atomic E-state index is 0. The first kappa shape index (κ1) is 18.6. The number of hydrogen-bond donors (Lipinski definition) is 2. The second-order valence-corrected chi connectivity index (χ2v) is 3.77. The maximum atomic E-state index is 7.56. The molecule has 0 radical (unpaired) electrons. The van der Waals surface area contributed by atoms with E-state index in [-0.39, 0.29) is 36.6 Å². The minimum Gasteiger partial charge on any atom is -0.477 e. The Morgan fingerprint density at radius 2 is 1.35 bits per heavy atom. The lowest BCUT2D eigenvalue weighted by Crippen LogP contribution is -2.03. The van der Waals surface area contributed by atoms with Gasteiger partial charge in [-0.05, 0) is 26.0 Å². The molecule has 7 heteroatoms. The number of rotatable bonds is 4. The highest BCUT2D eigenvalue weighted by molar-refractivity contribution is 7.15. The van der Waals surface area contributed by atoms with Gasteiger partial charge in [-0.2, -0.15) is 0 Å². The van der Waals surface area contributed by atoms with Gasteiger partial charge in [0.05, 0.1) is 23.0 Å². The lowest BCUT2D eigenvalue weighted by atomic mass is 10.4. The molecule has 0 unspecified atom stereocenters. The summed E-state index contributed by atoms with van der Waals surface area (Å²) in [6.45, 7) is 4.64. The normalized spacial score (nSPS) is 8.59. The topological polar surface area (TPSA) is 66.2 Å². The summed E-state index contributed by atoms with van der Waals surface area (Å²) >= 11 is 1.33. The van der Waals surface area contributed by atoms with E-state index >= 15 is 0 Å². The van der Waals surface area contributed by atoms with Gasteiger partial charge in [0, 0.05) is 0 Å². The summed E-state index contributed by atoms with van der Waals surface area (Å²) in [7, 11) is 0. The van der Waals surface area contributed by atoms with Crippen molar-refractivity contribution in [2.24, 2.45) is 0 Å². The van der Waals surface area contributed by atoms with Crippen molar-refractivity contribution >= 4 is 47.9 Å². The van der Waals surface area contributed by atoms with Crippen molar-refractivity contribution in [2.45, 2.75) is 13.8 Å². The average Bonchev–Trinajstić information content (AvgIpc) is 2.67. The maximum absolute atomic E-state index is 7.56. The molecule has 1 rings (SSSR count). The standard InChI is InChI=1S/C10H14N2O2S.2ClH/c1-3-13-9(11)7-5-6-8(15-7)10(12)14-4-2;;/h5-6,11-12H,3-4H2,1-2H3;2*1H. The summed E-state index contributed by atoms with van der Waals surface area (Å²) in [5.74, 6) is 0.302. The van der Waals surface area contributed by atoms with Gasteiger partial charge in [-0.3, -0.25) is 10.8 Å². The van der Waals surface area contributed by atoms with E-state index in [4.69, 9.17) is 20.3 Å². The van der Waals surface area contributed by atoms with Crippen LogP contribution in [0, 0.1) is 10.8 Å². The molecule has 1 aromatic rings. The van der Waals surface area contributed by atoms with Gasteiger partial charge in [0.1, 0.15) is 0 Å². The average molecular weight is 299 g/mol. The van der Waals surface area contributed by atoms with Gasteiger partial charge in [-0.1, -0.05) is 0 Å². The fourth-order valence-electron chi connectivity index (χ4n) is 1.01. The van der Waals surface area contributed by atoms with Crippen LogP contribution in [0.1, 0.15) is 23.6 Å². The maximum Gasteiger partial charge on any atom is 0.223 e. The first-order chi connectivity index (χ1) is 7.19. The number of halogens is 2. The largest absolute Gasteiger partial charge is 0.477 e. The molecule has 17 heavy (non-hydrogen) atoms. The quantitative estimate of drug-likeness (QED) is 0.661. The van der Waals surface area contributed by atoms with Gasteiger partial charge < -0.3 is 9.47 Å². The molecular weight excluding hydrogens is 283 g/mol. The van der Waals surface area contributed by atoms with Gasteiger partial charge in [0.2, 0.25) is 11.8 Å². The van der Waals surface area contributed by atoms with E-state index in [0.717, 1.165) is 9.75 Å². The first-order valence-electron chi connectivity index (χ1n) is 4.72. The molecule has 0 saturated carbocycles. The number of thiophene rings is 1. The smallest absolute Gasteiger partial charge is 0.223 e. The summed E-state index contributed by atoms with van der Waals surface area (Å²) in [4.78, 5) is 1.44. The summed E-state index contributed by atoms with van der Waals surface area (Å²) in [6.07, 6.45) is 0. The highest BCUT2D eigenvalue weighted by Gasteiger charge is 2.10. The van der Waals surface area contributed by atoms with Crippen LogP contribution in [0.25, 0.3) is 0 Å². The third-order valence-electron chi connectivity index (χ3n) is 1.63. The lowest BCUT2D eigenvalue weighted by Gasteiger charge is -2.02. The monoisotopic (exact) mass is 298 g/mol. The van der Waals surface area contributed by atoms with Crippen LogP contribution in [0.4, 0.5) is 0 Å². The molecule has 0 aliphatic heterocycles. The van der Waals surface area contributed by atoms with Crippen LogP contribution in [-0.2, 0) is 9.47 Å². The molecule has 0 aromatic carbocycles. The summed E-state index contributed by atoms with van der Waals surface area (Å²) in [6, 6.07) is 3.54. The summed E-state index contributed by atoms with van der Waals surface area (Å²) < 4.78 is 10.1. The molecule has 98 valence electrons. The molecule has 0 aliphatic carbocycles. The third kappa shape index (κ3) is 5.39. The second kappa shape index (κ2) is 9.27. The molecule has 0 fully saturated rings. The molecule has 1 aromatic heterocycles. The van der Waals surface area contributed by atoms with Gasteiger partial charge >= 0.3 is 0 Å². The van der Waals surface area contributed by atoms with Crippen molar-refractivity contribution in [3.63, 3.8) is 0 Å². The Morgan fingerprint density at radius 3 is 1.65 bits per heavy atom. The zero-order valence-electron chi connectivity index (χ0n) is 9.61. The van der Waals surface area contributed by atoms with Crippen LogP contribution in [0.3, 0.4) is 0 Å². The van der Waals surface area contributed by atoms with Crippen molar-refractivity contribution in [3.05, 3.63) is 21.9 Å². The van der Waals surface area contributed by atoms with Crippen molar-refractivity contribution in [3.8, 4) is 0 Å². The van der Waals surface area contributed by atoms with Crippen LogP contribution < -0.4 is 0 Å². The van der Waals surface area contributed by atoms with Crippen LogP contribution in [0.5, 0.6) is 0 Å². The van der Waals surface area contributed by atoms with Crippen molar-refractivity contribution in [1.29, 1.82) is 10.8 Å². The predicted octanol–water partition coefficient (Wildman–Crippen LogP) is 3.32. The Bertz CT molecular complexity index is 336. The molecule has 0 amide bonds. The fourth-order valence-corrected chi connectivity index (χ4v) is 1.83. The summed E-state index contributed by atoms with van der Waals surface area (Å²) in [5, 5.41) is 15.1. The highest BCUT2D eigenvalue weighted by Crippen LogP contribution is 2.18. The van der Waals surface area contributed by atoms with Crippen LogP contribution >= 0.6 is 36.2 Å². The molecular formula is C10H16Cl2N2O2S. The van der Waals surface area contributed by atoms with Gasteiger partial charge in [-0.15, -0.1) is 36.2 Å². The number of ether oxygens (including phenoxy) is 2. The van der Waals surface area contributed by atoms with Crippen LogP contribution in [0.15, 0.2) is 12.1 Å². The van der Waals surface area contributed by atoms with E-state index in [1.807, 2.05) is 13.8 Å². The lowest BCUT2D eigenvalue weighted by molar-refractivity contribution is 0.326. The zero-order valence-corrected chi connectivity index (χ0v) is 12.1. The van der Waals surface area contributed by atoms with Gasteiger partial charge in [0.15, 0.2) is 0 Å². The Labute approximate surface area is 117 Å². The van der Waals surface area contributed by atoms with Gasteiger partial charge in [-0.25, -0.2) is 0 Å². The van der Waals surface area contributed by atoms with Crippen LogP contribution in [0.2, 0.25) is 0 Å². The van der Waals surface area contributed by atoms with E-state index in [2.05, 4.69) is 0 Å². The molecule has 0 saturated heterocycles. The van der Waals surface area contributed by atoms with E-state index in [9.17, 15) is 0 Å². The molecule has 2 N–H and O–H groups in total. The highest BCUT2D eigenvalue weighted by atomic mass is 35.5. The first-order valence-corrected chi connectivity index (χ1v) is 5.54. The Kier molecular flexibility index (Phi) is 10.1. The van der Waals surface area contributed by atoms with E-state index in [0.29, 0.717) is 13.2 Å². The predicted molar refractivity (Wildman–Crippen MR) is 75.7 cm³/mol. The molecule has 0 spiro atoms. The van der Waals surface area contributed by atoms with Crippen molar-refractivity contribution < 1.29 is 9.47 Å². The van der Waals surface area contributed by atoms with E-state index in [1.165, 1.54) is 11.3 Å². The Hall–Kier alpha value is -0.780. The molecule has 4 nitrogen and oxygen atoms in total. The molecule has 0 aliphatic rings. The minimum absolute atomic E-state index is 0. The molecule has 0 atom stereocenters. The van der Waals surface area contributed by atoms with Crippen molar-refractivity contribution in [1.82, 2.24) is 0 Å². The van der Waals surface area contributed by atoms with E-state index < -0.39 is 0 Å². The summed E-state index contributed by atoms with van der Waals surface area (Å²) in [5.41, 5.74) is 0. The number of hydrogen-bond acceptors (Lipinski definition) is 5. The third-order valence-corrected chi connectivity index (χ3v) is 2.71. The SMILES string of the molecule is CCOC(=N)c1ccc(C(=N)OCC)s1.Cl.Cl. The Balaban J connectivity index is 0. The zero-order chi connectivity index (χ0) is 11.3. The van der Waals surface area contributed by atoms with Gasteiger partial charge in [0.25, 0.3) is 0 Å². The second-order valence-electron chi connectivity index (χ2n) is 2.69. The fraction of sp³-hybridized carbons (Fsp3) is 0.400. The molecule has 1 heterocycles. The Morgan fingerprint density at radius 1 is 1.00 bits per heavy atom. The van der Waals surface area contributed by atoms with E-state index in [1.54, 1.807) is 12.1 Å².